The van der Waals surface area contributed by atoms with Crippen molar-refractivity contribution in [1.82, 2.24) is 0 Å². The largest absolute Gasteiger partial charge is 0.497 e. The Morgan fingerprint density at radius 3 is 2.31 bits per heavy atom. The zero-order valence-electron chi connectivity index (χ0n) is 14.2. The van der Waals surface area contributed by atoms with Crippen molar-refractivity contribution in [1.29, 1.82) is 0 Å². The Kier molecular flexibility index (Phi) is 6.33. The summed E-state index contributed by atoms with van der Waals surface area (Å²) in [6.45, 7) is -0.261. The van der Waals surface area contributed by atoms with Gasteiger partial charge < -0.3 is 14.6 Å². The number of rotatable bonds is 8. The van der Waals surface area contributed by atoms with E-state index in [0.29, 0.717) is 10.8 Å². The molecule has 0 aromatic heterocycles. The van der Waals surface area contributed by atoms with Gasteiger partial charge in [-0.25, -0.2) is 8.42 Å². The van der Waals surface area contributed by atoms with E-state index < -0.39 is 16.0 Å². The second-order valence-corrected chi connectivity index (χ2v) is 7.51. The number of halogens is 1. The maximum absolute atomic E-state index is 13.1. The molecule has 0 saturated carbocycles. The standard InChI is InChI=1S/C17H18ClNO6S/c1-24-13-5-8-15(16(11-13)25-2)19(10-9-17(20)21)26(22,23)14-6-3-12(18)4-7-14/h3-8,11H,9-10H2,1-2H3,(H,20,21). The second kappa shape index (κ2) is 8.29. The Balaban J connectivity index is 2.56. The number of aliphatic carboxylic acids is 1. The summed E-state index contributed by atoms with van der Waals surface area (Å²) in [4.78, 5) is 11.0. The molecule has 7 nitrogen and oxygen atoms in total. The van der Waals surface area contributed by atoms with Gasteiger partial charge in [-0.1, -0.05) is 11.6 Å². The van der Waals surface area contributed by atoms with Crippen molar-refractivity contribution in [3.8, 4) is 11.5 Å². The van der Waals surface area contributed by atoms with E-state index in [9.17, 15) is 13.2 Å². The lowest BCUT2D eigenvalue weighted by atomic mass is 10.2. The lowest BCUT2D eigenvalue weighted by Gasteiger charge is -2.26. The molecule has 0 saturated heterocycles. The van der Waals surface area contributed by atoms with Crippen molar-refractivity contribution >= 4 is 33.3 Å². The molecule has 0 heterocycles. The zero-order chi connectivity index (χ0) is 19.3. The Bertz CT molecular complexity index is 883. The fourth-order valence-corrected chi connectivity index (χ4v) is 3.89. The minimum absolute atomic E-state index is 0.00911. The monoisotopic (exact) mass is 399 g/mol. The first kappa shape index (κ1) is 19.9. The predicted molar refractivity (Wildman–Crippen MR) is 97.8 cm³/mol. The van der Waals surface area contributed by atoms with E-state index in [1.165, 1.54) is 50.6 Å². The molecule has 0 spiro atoms. The first-order valence-electron chi connectivity index (χ1n) is 7.51. The van der Waals surface area contributed by atoms with Gasteiger partial charge in [0.1, 0.15) is 11.5 Å². The van der Waals surface area contributed by atoms with Gasteiger partial charge in [0.25, 0.3) is 10.0 Å². The van der Waals surface area contributed by atoms with Crippen molar-refractivity contribution in [2.75, 3.05) is 25.1 Å². The van der Waals surface area contributed by atoms with Crippen LogP contribution in [0.5, 0.6) is 11.5 Å². The van der Waals surface area contributed by atoms with Crippen molar-refractivity contribution in [3.63, 3.8) is 0 Å². The Hall–Kier alpha value is -2.45. The molecular weight excluding hydrogens is 382 g/mol. The van der Waals surface area contributed by atoms with Crippen molar-refractivity contribution in [3.05, 3.63) is 47.5 Å². The van der Waals surface area contributed by atoms with Crippen LogP contribution in [0.4, 0.5) is 5.69 Å². The molecule has 0 fully saturated rings. The lowest BCUT2D eigenvalue weighted by Crippen LogP contribution is -2.33. The average molecular weight is 400 g/mol. The van der Waals surface area contributed by atoms with Crippen LogP contribution in [0.1, 0.15) is 6.42 Å². The zero-order valence-corrected chi connectivity index (χ0v) is 15.7. The van der Waals surface area contributed by atoms with Crippen LogP contribution in [0.25, 0.3) is 0 Å². The number of carboxylic acid groups (broad SMARTS) is 1. The van der Waals surface area contributed by atoms with Crippen molar-refractivity contribution in [2.24, 2.45) is 0 Å². The molecule has 140 valence electrons. The number of carboxylic acids is 1. The SMILES string of the molecule is COc1ccc(N(CCC(=O)O)S(=O)(=O)c2ccc(Cl)cc2)c(OC)c1. The molecule has 26 heavy (non-hydrogen) atoms. The normalized spacial score (nSPS) is 11.0. The molecule has 9 heteroatoms. The highest BCUT2D eigenvalue weighted by molar-refractivity contribution is 7.92. The fraction of sp³-hybridized carbons (Fsp3) is 0.235. The van der Waals surface area contributed by atoms with Crippen LogP contribution in [-0.2, 0) is 14.8 Å². The molecule has 0 bridgehead atoms. The summed E-state index contributed by atoms with van der Waals surface area (Å²) in [6.07, 6.45) is -0.373. The van der Waals surface area contributed by atoms with Gasteiger partial charge in [-0.15, -0.1) is 0 Å². The average Bonchev–Trinajstić information content (AvgIpc) is 2.61. The van der Waals surface area contributed by atoms with E-state index in [4.69, 9.17) is 26.2 Å². The third-order valence-corrected chi connectivity index (χ3v) is 5.67. The molecule has 0 radical (unpaired) electrons. The van der Waals surface area contributed by atoms with Gasteiger partial charge in [0, 0.05) is 17.6 Å². The third-order valence-electron chi connectivity index (χ3n) is 3.59. The Labute approximate surface area is 156 Å². The maximum Gasteiger partial charge on any atom is 0.305 e. The minimum atomic E-state index is -4.03. The van der Waals surface area contributed by atoms with E-state index in [-0.39, 0.29) is 29.3 Å². The van der Waals surface area contributed by atoms with E-state index in [1.54, 1.807) is 6.07 Å². The van der Waals surface area contributed by atoms with Gasteiger partial charge in [0.15, 0.2) is 0 Å². The highest BCUT2D eigenvalue weighted by Gasteiger charge is 2.28. The third kappa shape index (κ3) is 4.39. The maximum atomic E-state index is 13.1. The summed E-state index contributed by atoms with van der Waals surface area (Å²) >= 11 is 5.82. The van der Waals surface area contributed by atoms with Gasteiger partial charge in [0.2, 0.25) is 0 Å². The number of hydrogen-bond acceptors (Lipinski definition) is 5. The number of sulfonamides is 1. The molecule has 2 aromatic rings. The second-order valence-electron chi connectivity index (χ2n) is 5.21. The highest BCUT2D eigenvalue weighted by Crippen LogP contribution is 2.35. The summed E-state index contributed by atoms with van der Waals surface area (Å²) < 4.78 is 37.6. The molecule has 2 rings (SSSR count). The van der Waals surface area contributed by atoms with Gasteiger partial charge in [-0.05, 0) is 36.4 Å². The Morgan fingerprint density at radius 2 is 1.77 bits per heavy atom. The van der Waals surface area contributed by atoms with Gasteiger partial charge in [-0.3, -0.25) is 9.10 Å². The number of carbonyl (C=O) groups is 1. The summed E-state index contributed by atoms with van der Waals surface area (Å²) in [7, 11) is -1.16. The van der Waals surface area contributed by atoms with Crippen LogP contribution in [0, 0.1) is 0 Å². The summed E-state index contributed by atoms with van der Waals surface area (Å²) in [6, 6.07) is 10.2. The molecule has 1 N–H and O–H groups in total. The predicted octanol–water partition coefficient (Wildman–Crippen LogP) is 3.03. The first-order valence-corrected chi connectivity index (χ1v) is 9.33. The van der Waals surface area contributed by atoms with Crippen LogP contribution in [0.3, 0.4) is 0 Å². The Morgan fingerprint density at radius 1 is 1.12 bits per heavy atom. The van der Waals surface area contributed by atoms with Crippen LogP contribution in [0.2, 0.25) is 5.02 Å². The van der Waals surface area contributed by atoms with Crippen LogP contribution >= 0.6 is 11.6 Å². The quantitative estimate of drug-likeness (QED) is 0.733. The molecule has 0 aliphatic heterocycles. The van der Waals surface area contributed by atoms with E-state index in [0.717, 1.165) is 4.31 Å². The topological polar surface area (TPSA) is 93.1 Å². The van der Waals surface area contributed by atoms with E-state index >= 15 is 0 Å². The van der Waals surface area contributed by atoms with Crippen LogP contribution in [0.15, 0.2) is 47.4 Å². The number of anilines is 1. The molecule has 0 atom stereocenters. The number of nitrogens with zero attached hydrogens (tertiary/aromatic N) is 1. The first-order chi connectivity index (χ1) is 12.3. The molecular formula is C17H18ClNO6S. The van der Waals surface area contributed by atoms with Crippen LogP contribution in [-0.4, -0.2) is 40.3 Å². The molecule has 0 amide bonds. The minimum Gasteiger partial charge on any atom is -0.497 e. The molecule has 0 aliphatic rings. The van der Waals surface area contributed by atoms with Gasteiger partial charge in [-0.2, -0.15) is 0 Å². The molecule has 2 aromatic carbocycles. The number of hydrogen-bond donors (Lipinski definition) is 1. The van der Waals surface area contributed by atoms with Crippen LogP contribution < -0.4 is 13.8 Å². The number of methoxy groups -OCH3 is 2. The highest BCUT2D eigenvalue weighted by atomic mass is 35.5. The lowest BCUT2D eigenvalue weighted by molar-refractivity contribution is -0.136. The van der Waals surface area contributed by atoms with Crippen molar-refractivity contribution in [2.45, 2.75) is 11.3 Å². The summed E-state index contributed by atoms with van der Waals surface area (Å²) in [5, 5.41) is 9.39. The summed E-state index contributed by atoms with van der Waals surface area (Å²) in [5.41, 5.74) is 0.213. The smallest absolute Gasteiger partial charge is 0.305 e. The fourth-order valence-electron chi connectivity index (χ4n) is 2.29. The number of ether oxygens (including phenoxy) is 2. The van der Waals surface area contributed by atoms with E-state index in [1.807, 2.05) is 0 Å². The van der Waals surface area contributed by atoms with Gasteiger partial charge in [0.05, 0.1) is 31.2 Å². The van der Waals surface area contributed by atoms with Gasteiger partial charge >= 0.3 is 5.97 Å². The number of benzene rings is 2. The summed E-state index contributed by atoms with van der Waals surface area (Å²) in [5.74, 6) is -0.395. The van der Waals surface area contributed by atoms with E-state index in [2.05, 4.69) is 0 Å². The molecule has 0 aliphatic carbocycles. The van der Waals surface area contributed by atoms with Crippen molar-refractivity contribution < 1.29 is 27.8 Å². The molecule has 0 unspecified atom stereocenters.